The average Bonchev–Trinajstić information content (AvgIpc) is 3.19. The number of benzene rings is 10. The predicted molar refractivity (Wildman–Crippen MR) is 216 cm³/mol. The van der Waals surface area contributed by atoms with Gasteiger partial charge in [0, 0.05) is 15.9 Å². The van der Waals surface area contributed by atoms with Crippen LogP contribution in [0.15, 0.2) is 188 Å². The SMILES string of the molecule is O=P(c1ccc(-c2cc3c(ccc4c5ccccc5ccc43)c3ccccc23)cc1)(c1cccc2ccccc12)c1cccc2ccccc12. The Labute approximate surface area is 290 Å². The highest BCUT2D eigenvalue weighted by Crippen LogP contribution is 2.47. The summed E-state index contributed by atoms with van der Waals surface area (Å²) in [7, 11) is -3.32. The highest BCUT2D eigenvalue weighted by molar-refractivity contribution is 7.86. The van der Waals surface area contributed by atoms with E-state index in [0.717, 1.165) is 43.0 Å². The fourth-order valence-electron chi connectivity index (χ4n) is 8.14. The molecule has 0 unspecified atom stereocenters. The van der Waals surface area contributed by atoms with Gasteiger partial charge in [-0.3, -0.25) is 0 Å². The summed E-state index contributed by atoms with van der Waals surface area (Å²) in [5.41, 5.74) is 2.28. The molecule has 0 spiro atoms. The third kappa shape index (κ3) is 4.31. The Morgan fingerprint density at radius 1 is 0.300 bits per heavy atom. The molecule has 0 aromatic heterocycles. The Hall–Kier alpha value is -6.01. The first-order valence-electron chi connectivity index (χ1n) is 17.1. The quantitative estimate of drug-likeness (QED) is 0.136. The molecule has 10 rings (SSSR count). The van der Waals surface area contributed by atoms with Crippen molar-refractivity contribution in [3.63, 3.8) is 0 Å². The van der Waals surface area contributed by atoms with E-state index in [2.05, 4.69) is 152 Å². The van der Waals surface area contributed by atoms with Crippen LogP contribution < -0.4 is 15.9 Å². The summed E-state index contributed by atoms with van der Waals surface area (Å²) in [6.45, 7) is 0. The summed E-state index contributed by atoms with van der Waals surface area (Å²) in [6.07, 6.45) is 0. The van der Waals surface area contributed by atoms with Crippen molar-refractivity contribution in [2.75, 3.05) is 0 Å². The summed E-state index contributed by atoms with van der Waals surface area (Å²) in [4.78, 5) is 0. The van der Waals surface area contributed by atoms with Gasteiger partial charge < -0.3 is 4.57 Å². The minimum atomic E-state index is -3.32. The smallest absolute Gasteiger partial charge is 0.172 e. The summed E-state index contributed by atoms with van der Waals surface area (Å²) < 4.78 is 16.1. The lowest BCUT2D eigenvalue weighted by Gasteiger charge is -2.23. The Kier molecular flexibility index (Phi) is 6.53. The van der Waals surface area contributed by atoms with E-state index in [4.69, 9.17) is 0 Å². The normalized spacial score (nSPS) is 12.1. The van der Waals surface area contributed by atoms with Gasteiger partial charge in [0.2, 0.25) is 0 Å². The first-order chi connectivity index (χ1) is 24.7. The lowest BCUT2D eigenvalue weighted by Crippen LogP contribution is -2.26. The van der Waals surface area contributed by atoms with Crippen molar-refractivity contribution in [2.45, 2.75) is 0 Å². The van der Waals surface area contributed by atoms with Gasteiger partial charge in [-0.1, -0.05) is 182 Å². The molecule has 2 heteroatoms. The first-order valence-corrected chi connectivity index (χ1v) is 18.8. The lowest BCUT2D eigenvalue weighted by atomic mass is 9.90. The fraction of sp³-hybridized carbons (Fsp3) is 0. The van der Waals surface area contributed by atoms with E-state index >= 15 is 4.57 Å². The van der Waals surface area contributed by atoms with Gasteiger partial charge in [-0.05, 0) is 81.8 Å². The third-order valence-corrected chi connectivity index (χ3v) is 13.7. The van der Waals surface area contributed by atoms with E-state index in [1.807, 2.05) is 36.4 Å². The second-order valence-corrected chi connectivity index (χ2v) is 15.9. The maximum atomic E-state index is 16.1. The van der Waals surface area contributed by atoms with Crippen molar-refractivity contribution in [3.05, 3.63) is 188 Å². The Balaban J connectivity index is 1.22. The molecule has 0 bridgehead atoms. The number of fused-ring (bicyclic) bond motifs is 9. The molecular weight excluding hydrogens is 624 g/mol. The maximum Gasteiger partial charge on any atom is 0.172 e. The fourth-order valence-corrected chi connectivity index (χ4v) is 11.2. The average molecular weight is 655 g/mol. The molecule has 234 valence electrons. The Bertz CT molecular complexity index is 2920. The standard InChI is InChI=1S/C48H31OP/c49-50(47-21-9-14-32-11-2-5-17-38(32)47,48-22-10-15-33-12-3-6-18-39(33)48)36-26-23-35(24-27-36)45-31-46-43-28-25-34-13-1-4-16-37(34)42(43)29-30-44(46)40-19-7-8-20-41(40)45/h1-31H. The molecule has 1 nitrogen and oxygen atoms in total. The molecule has 10 aromatic carbocycles. The monoisotopic (exact) mass is 654 g/mol. The van der Waals surface area contributed by atoms with Gasteiger partial charge in [-0.15, -0.1) is 0 Å². The van der Waals surface area contributed by atoms with Gasteiger partial charge in [0.15, 0.2) is 7.14 Å². The van der Waals surface area contributed by atoms with Crippen LogP contribution >= 0.6 is 7.14 Å². The van der Waals surface area contributed by atoms with Gasteiger partial charge in [-0.2, -0.15) is 0 Å². The molecule has 0 saturated carbocycles. The van der Waals surface area contributed by atoms with E-state index in [0.29, 0.717) is 0 Å². The second-order valence-electron chi connectivity index (χ2n) is 13.2. The number of hydrogen-bond donors (Lipinski definition) is 0. The zero-order valence-electron chi connectivity index (χ0n) is 27.3. The van der Waals surface area contributed by atoms with Crippen molar-refractivity contribution in [2.24, 2.45) is 0 Å². The van der Waals surface area contributed by atoms with E-state index in [1.54, 1.807) is 0 Å². The van der Waals surface area contributed by atoms with E-state index in [-0.39, 0.29) is 0 Å². The molecule has 50 heavy (non-hydrogen) atoms. The summed E-state index contributed by atoms with van der Waals surface area (Å²) in [6, 6.07) is 66.3. The van der Waals surface area contributed by atoms with Gasteiger partial charge in [0.05, 0.1) is 0 Å². The summed E-state index contributed by atoms with van der Waals surface area (Å²) in [5.74, 6) is 0. The molecule has 0 fully saturated rings. The van der Waals surface area contributed by atoms with Crippen molar-refractivity contribution < 1.29 is 4.57 Å². The minimum Gasteiger partial charge on any atom is -0.309 e. The lowest BCUT2D eigenvalue weighted by molar-refractivity contribution is 0.593. The van der Waals surface area contributed by atoms with Crippen LogP contribution in [0.5, 0.6) is 0 Å². The summed E-state index contributed by atoms with van der Waals surface area (Å²) in [5, 5.41) is 16.7. The zero-order valence-corrected chi connectivity index (χ0v) is 28.1. The molecule has 0 saturated heterocycles. The van der Waals surface area contributed by atoms with Crippen LogP contribution in [0, 0.1) is 0 Å². The highest BCUT2D eigenvalue weighted by Gasteiger charge is 2.33. The minimum absolute atomic E-state index is 0.830. The van der Waals surface area contributed by atoms with Crippen LogP contribution in [0.2, 0.25) is 0 Å². The zero-order chi connectivity index (χ0) is 33.2. The van der Waals surface area contributed by atoms with Gasteiger partial charge in [-0.25, -0.2) is 0 Å². The second kappa shape index (κ2) is 11.3. The molecule has 0 aliphatic rings. The highest BCUT2D eigenvalue weighted by atomic mass is 31.2. The molecule has 0 aliphatic heterocycles. The van der Waals surface area contributed by atoms with Crippen molar-refractivity contribution in [1.82, 2.24) is 0 Å². The van der Waals surface area contributed by atoms with Crippen molar-refractivity contribution in [3.8, 4) is 11.1 Å². The van der Waals surface area contributed by atoms with Crippen LogP contribution in [-0.4, -0.2) is 0 Å². The Morgan fingerprint density at radius 2 is 0.720 bits per heavy atom. The van der Waals surface area contributed by atoms with Gasteiger partial charge in [0.25, 0.3) is 0 Å². The molecule has 0 atom stereocenters. The van der Waals surface area contributed by atoms with Gasteiger partial charge >= 0.3 is 0 Å². The molecule has 0 aliphatic carbocycles. The maximum absolute atomic E-state index is 16.1. The molecule has 0 amide bonds. The van der Waals surface area contributed by atoms with Crippen LogP contribution in [0.4, 0.5) is 0 Å². The van der Waals surface area contributed by atoms with Crippen LogP contribution in [-0.2, 0) is 4.57 Å². The predicted octanol–water partition coefficient (Wildman–Crippen LogP) is 11.9. The molecule has 0 heterocycles. The van der Waals surface area contributed by atoms with E-state index in [9.17, 15) is 0 Å². The van der Waals surface area contributed by atoms with Crippen molar-refractivity contribution >= 4 is 87.7 Å². The molecule has 0 N–H and O–H groups in total. The Morgan fingerprint density at radius 3 is 1.32 bits per heavy atom. The van der Waals surface area contributed by atoms with E-state index < -0.39 is 7.14 Å². The number of rotatable bonds is 4. The van der Waals surface area contributed by atoms with Crippen molar-refractivity contribution in [1.29, 1.82) is 0 Å². The molecule has 0 radical (unpaired) electrons. The largest absolute Gasteiger partial charge is 0.309 e. The number of hydrogen-bond acceptors (Lipinski definition) is 1. The molecular formula is C48H31OP. The summed E-state index contributed by atoms with van der Waals surface area (Å²) >= 11 is 0. The first kappa shape index (κ1) is 29.0. The molecule has 10 aromatic rings. The van der Waals surface area contributed by atoms with Crippen LogP contribution in [0.1, 0.15) is 0 Å². The van der Waals surface area contributed by atoms with E-state index in [1.165, 1.54) is 48.7 Å². The van der Waals surface area contributed by atoms with Gasteiger partial charge in [0.1, 0.15) is 0 Å². The van der Waals surface area contributed by atoms with Crippen LogP contribution in [0.25, 0.3) is 75.8 Å². The third-order valence-electron chi connectivity index (χ3n) is 10.5. The topological polar surface area (TPSA) is 17.1 Å². The van der Waals surface area contributed by atoms with Crippen LogP contribution in [0.3, 0.4) is 0 Å².